The summed E-state index contributed by atoms with van der Waals surface area (Å²) in [6.45, 7) is 0. The lowest BCUT2D eigenvalue weighted by atomic mass is 10.2. The minimum atomic E-state index is -3.69. The summed E-state index contributed by atoms with van der Waals surface area (Å²) in [6.07, 6.45) is 1.62. The average Bonchev–Trinajstić information content (AvgIpc) is 3.04. The number of aromatic nitrogens is 1. The highest BCUT2D eigenvalue weighted by Crippen LogP contribution is 2.27. The van der Waals surface area contributed by atoms with Gasteiger partial charge in [-0.2, -0.15) is 0 Å². The summed E-state index contributed by atoms with van der Waals surface area (Å²) in [5.41, 5.74) is 0.551. The van der Waals surface area contributed by atoms with E-state index in [-0.39, 0.29) is 10.6 Å². The number of phenolic OH excluding ortho intramolecular Hbond substituents is 1. The molecule has 0 atom stereocenters. The number of benzene rings is 2. The summed E-state index contributed by atoms with van der Waals surface area (Å²) in [5, 5.41) is 16.1. The van der Waals surface area contributed by atoms with Crippen molar-refractivity contribution in [3.05, 3.63) is 65.9 Å². The van der Waals surface area contributed by atoms with E-state index in [1.165, 1.54) is 35.6 Å². The van der Waals surface area contributed by atoms with Gasteiger partial charge in [-0.05, 0) is 18.2 Å². The number of nitrogens with zero attached hydrogens (tertiary/aromatic N) is 1. The molecule has 2 aromatic carbocycles. The van der Waals surface area contributed by atoms with Crippen LogP contribution in [0.15, 0.2) is 65.0 Å². The van der Waals surface area contributed by atoms with Crippen molar-refractivity contribution in [3.63, 3.8) is 0 Å². The number of nitrogens with two attached hydrogens (primary N) is 1. The second-order valence-corrected chi connectivity index (χ2v) is 6.75. The SMILES string of the molecule is NS(=O)(=O)c1ccccc1-c1nccs1.Oc1ccccc1F. The number of halogens is 1. The van der Waals surface area contributed by atoms with Crippen molar-refractivity contribution in [1.29, 1.82) is 0 Å². The molecule has 0 fully saturated rings. The van der Waals surface area contributed by atoms with Gasteiger partial charge in [0.15, 0.2) is 11.6 Å². The molecule has 0 aliphatic rings. The molecule has 0 radical (unpaired) electrons. The molecule has 0 amide bonds. The van der Waals surface area contributed by atoms with Gasteiger partial charge in [-0.1, -0.05) is 30.3 Å². The van der Waals surface area contributed by atoms with Crippen molar-refractivity contribution in [2.75, 3.05) is 0 Å². The van der Waals surface area contributed by atoms with Crippen LogP contribution in [0.1, 0.15) is 0 Å². The van der Waals surface area contributed by atoms with Gasteiger partial charge >= 0.3 is 0 Å². The van der Waals surface area contributed by atoms with Crippen LogP contribution < -0.4 is 5.14 Å². The molecule has 0 saturated carbocycles. The van der Waals surface area contributed by atoms with E-state index in [1.807, 2.05) is 0 Å². The quantitative estimate of drug-likeness (QED) is 0.741. The molecule has 0 saturated heterocycles. The standard InChI is InChI=1S/C9H8N2O2S2.C6H5FO/c10-15(12,13)8-4-2-1-3-7(8)9-11-5-6-14-9;7-5-3-1-2-4-6(5)8/h1-6H,(H2,10,12,13);1-4,8H. The van der Waals surface area contributed by atoms with E-state index in [0.29, 0.717) is 10.6 Å². The van der Waals surface area contributed by atoms with Crippen LogP contribution >= 0.6 is 11.3 Å². The second-order valence-electron chi connectivity index (χ2n) is 4.33. The number of primary sulfonamides is 1. The maximum absolute atomic E-state index is 12.1. The van der Waals surface area contributed by atoms with Gasteiger partial charge in [0.05, 0.1) is 4.90 Å². The molecule has 1 aromatic heterocycles. The monoisotopic (exact) mass is 352 g/mol. The first-order chi connectivity index (χ1) is 10.9. The van der Waals surface area contributed by atoms with Crippen LogP contribution in [0.5, 0.6) is 5.75 Å². The Kier molecular flexibility index (Phi) is 5.43. The molecule has 120 valence electrons. The van der Waals surface area contributed by atoms with E-state index in [1.54, 1.807) is 35.8 Å². The molecule has 0 aliphatic carbocycles. The third-order valence-corrected chi connectivity index (χ3v) is 4.48. The predicted octanol–water partition coefficient (Wildman–Crippen LogP) is 2.99. The van der Waals surface area contributed by atoms with Crippen LogP contribution in [0.2, 0.25) is 0 Å². The molecule has 8 heteroatoms. The van der Waals surface area contributed by atoms with Crippen molar-refractivity contribution in [2.24, 2.45) is 5.14 Å². The molecule has 3 rings (SSSR count). The van der Waals surface area contributed by atoms with Crippen LogP contribution in [-0.4, -0.2) is 18.5 Å². The highest BCUT2D eigenvalue weighted by atomic mass is 32.2. The summed E-state index contributed by atoms with van der Waals surface area (Å²) >= 11 is 1.38. The Morgan fingerprint density at radius 3 is 2.26 bits per heavy atom. The fourth-order valence-corrected chi connectivity index (χ4v) is 3.18. The third kappa shape index (κ3) is 4.59. The maximum Gasteiger partial charge on any atom is 0.238 e. The second kappa shape index (κ2) is 7.32. The normalized spacial score (nSPS) is 10.7. The van der Waals surface area contributed by atoms with E-state index >= 15 is 0 Å². The highest BCUT2D eigenvalue weighted by molar-refractivity contribution is 7.89. The molecule has 0 unspecified atom stereocenters. The molecule has 3 N–H and O–H groups in total. The summed E-state index contributed by atoms with van der Waals surface area (Å²) in [5.74, 6) is -0.875. The number of sulfonamides is 1. The third-order valence-electron chi connectivity index (χ3n) is 2.71. The zero-order valence-electron chi connectivity index (χ0n) is 11.8. The maximum atomic E-state index is 12.1. The molecule has 5 nitrogen and oxygen atoms in total. The van der Waals surface area contributed by atoms with Gasteiger partial charge in [-0.3, -0.25) is 0 Å². The zero-order chi connectivity index (χ0) is 16.9. The lowest BCUT2D eigenvalue weighted by Gasteiger charge is -2.03. The Labute approximate surface area is 136 Å². The van der Waals surface area contributed by atoms with Crippen molar-refractivity contribution < 1.29 is 17.9 Å². The van der Waals surface area contributed by atoms with Gasteiger partial charge in [0.1, 0.15) is 5.01 Å². The van der Waals surface area contributed by atoms with E-state index in [9.17, 15) is 12.8 Å². The lowest BCUT2D eigenvalue weighted by molar-refractivity contribution is 0.432. The summed E-state index contributed by atoms with van der Waals surface area (Å²) in [6, 6.07) is 12.2. The van der Waals surface area contributed by atoms with Crippen LogP contribution in [0.3, 0.4) is 0 Å². The van der Waals surface area contributed by atoms with Gasteiger partial charge in [0, 0.05) is 17.1 Å². The topological polar surface area (TPSA) is 93.3 Å². The highest BCUT2D eigenvalue weighted by Gasteiger charge is 2.15. The number of rotatable bonds is 2. The molecule has 3 aromatic rings. The molecule has 0 aliphatic heterocycles. The van der Waals surface area contributed by atoms with Gasteiger partial charge in [0.25, 0.3) is 0 Å². The number of hydrogen-bond acceptors (Lipinski definition) is 5. The fourth-order valence-electron chi connectivity index (χ4n) is 1.70. The number of para-hydroxylation sites is 1. The van der Waals surface area contributed by atoms with Crippen LogP contribution in [-0.2, 0) is 10.0 Å². The molecule has 23 heavy (non-hydrogen) atoms. The zero-order valence-corrected chi connectivity index (χ0v) is 13.4. The minimum Gasteiger partial charge on any atom is -0.505 e. The van der Waals surface area contributed by atoms with Gasteiger partial charge in [-0.25, -0.2) is 22.9 Å². The summed E-state index contributed by atoms with van der Waals surface area (Å²) < 4.78 is 34.7. The van der Waals surface area contributed by atoms with E-state index in [0.717, 1.165) is 0 Å². The summed E-state index contributed by atoms with van der Waals surface area (Å²) in [4.78, 5) is 4.17. The molecular weight excluding hydrogens is 339 g/mol. The number of thiazole rings is 1. The van der Waals surface area contributed by atoms with Crippen molar-refractivity contribution in [3.8, 4) is 16.3 Å². The number of aromatic hydroxyl groups is 1. The van der Waals surface area contributed by atoms with Gasteiger partial charge < -0.3 is 5.11 Å². The van der Waals surface area contributed by atoms with E-state index < -0.39 is 15.8 Å². The fraction of sp³-hybridized carbons (Fsp3) is 0. The van der Waals surface area contributed by atoms with Crippen molar-refractivity contribution in [2.45, 2.75) is 4.90 Å². The number of hydrogen-bond donors (Lipinski definition) is 2. The first-order valence-electron chi connectivity index (χ1n) is 6.35. The van der Waals surface area contributed by atoms with Crippen molar-refractivity contribution >= 4 is 21.4 Å². The Morgan fingerprint density at radius 2 is 1.74 bits per heavy atom. The molecule has 0 spiro atoms. The minimum absolute atomic E-state index is 0.111. The first kappa shape index (κ1) is 17.1. The Bertz CT molecular complexity index is 860. The smallest absolute Gasteiger partial charge is 0.238 e. The Morgan fingerprint density at radius 1 is 1.09 bits per heavy atom. The van der Waals surface area contributed by atoms with Gasteiger partial charge in [0.2, 0.25) is 10.0 Å². The lowest BCUT2D eigenvalue weighted by Crippen LogP contribution is -2.13. The van der Waals surface area contributed by atoms with Crippen LogP contribution in [0, 0.1) is 5.82 Å². The molecule has 0 bridgehead atoms. The largest absolute Gasteiger partial charge is 0.505 e. The van der Waals surface area contributed by atoms with Crippen molar-refractivity contribution in [1.82, 2.24) is 4.98 Å². The van der Waals surface area contributed by atoms with Crippen LogP contribution in [0.25, 0.3) is 10.6 Å². The molecular formula is C15H13FN2O3S2. The average molecular weight is 352 g/mol. The Hall–Kier alpha value is -2.29. The van der Waals surface area contributed by atoms with E-state index in [2.05, 4.69) is 4.98 Å². The van der Waals surface area contributed by atoms with E-state index in [4.69, 9.17) is 10.2 Å². The van der Waals surface area contributed by atoms with Crippen LogP contribution in [0.4, 0.5) is 4.39 Å². The first-order valence-corrected chi connectivity index (χ1v) is 8.77. The predicted molar refractivity (Wildman–Crippen MR) is 87.0 cm³/mol. The number of phenols is 1. The van der Waals surface area contributed by atoms with Gasteiger partial charge in [-0.15, -0.1) is 11.3 Å². The summed E-state index contributed by atoms with van der Waals surface area (Å²) in [7, 11) is -3.69. The Balaban J connectivity index is 0.000000203. The molecule has 1 heterocycles.